The summed E-state index contributed by atoms with van der Waals surface area (Å²) in [5, 5.41) is 3.11. The minimum atomic E-state index is -3.70. The first-order valence-corrected chi connectivity index (χ1v) is 10.6. The number of carbonyl (C=O) groups excluding carboxylic acids is 1. The zero-order chi connectivity index (χ0) is 20.2. The molecule has 0 aliphatic heterocycles. The molecular formula is C19H23ClN2O4S. The normalized spacial score (nSPS) is 12.5. The Balaban J connectivity index is 2.20. The Morgan fingerprint density at radius 2 is 1.74 bits per heavy atom. The van der Waals surface area contributed by atoms with Crippen LogP contribution in [0.2, 0.25) is 5.02 Å². The minimum absolute atomic E-state index is 0.0477. The molecule has 2 aromatic carbocycles. The molecule has 0 unspecified atom stereocenters. The topological polar surface area (TPSA) is 75.7 Å². The van der Waals surface area contributed by atoms with Crippen molar-refractivity contribution in [2.45, 2.75) is 32.9 Å². The van der Waals surface area contributed by atoms with Crippen LogP contribution < -0.4 is 14.4 Å². The van der Waals surface area contributed by atoms with Gasteiger partial charge in [0, 0.05) is 10.7 Å². The smallest absolute Gasteiger partial charge is 0.247 e. The van der Waals surface area contributed by atoms with Crippen LogP contribution >= 0.6 is 11.6 Å². The van der Waals surface area contributed by atoms with E-state index < -0.39 is 22.0 Å². The van der Waals surface area contributed by atoms with Crippen molar-refractivity contribution in [3.8, 4) is 5.75 Å². The van der Waals surface area contributed by atoms with Crippen LogP contribution in [0, 0.1) is 0 Å². The number of rotatable bonds is 7. The Bertz CT molecular complexity index is 898. The third kappa shape index (κ3) is 5.87. The summed E-state index contributed by atoms with van der Waals surface area (Å²) in [4.78, 5) is 12.6. The molecule has 27 heavy (non-hydrogen) atoms. The highest BCUT2D eigenvalue weighted by Gasteiger charge is 2.29. The molecule has 0 fully saturated rings. The number of anilines is 2. The van der Waals surface area contributed by atoms with Crippen LogP contribution in [0.5, 0.6) is 5.75 Å². The molecule has 1 atom stereocenters. The van der Waals surface area contributed by atoms with E-state index in [4.69, 9.17) is 16.3 Å². The van der Waals surface area contributed by atoms with E-state index in [0.29, 0.717) is 22.1 Å². The van der Waals surface area contributed by atoms with Crippen molar-refractivity contribution >= 4 is 38.9 Å². The van der Waals surface area contributed by atoms with Gasteiger partial charge in [-0.1, -0.05) is 17.7 Å². The fraction of sp³-hybridized carbons (Fsp3) is 0.316. The SMILES string of the molecule is CC(C)Oc1ccc(NC(=O)[C@H](C)N(c2cccc(Cl)c2)S(C)(=O)=O)cc1. The molecule has 0 aliphatic carbocycles. The van der Waals surface area contributed by atoms with E-state index in [0.717, 1.165) is 10.6 Å². The van der Waals surface area contributed by atoms with Crippen LogP contribution in [-0.2, 0) is 14.8 Å². The fourth-order valence-electron chi connectivity index (χ4n) is 2.56. The van der Waals surface area contributed by atoms with Crippen molar-refractivity contribution in [3.63, 3.8) is 0 Å². The molecule has 2 aromatic rings. The van der Waals surface area contributed by atoms with E-state index in [1.807, 2.05) is 13.8 Å². The number of carbonyl (C=O) groups is 1. The summed E-state index contributed by atoms with van der Waals surface area (Å²) in [7, 11) is -3.70. The summed E-state index contributed by atoms with van der Waals surface area (Å²) in [6, 6.07) is 12.3. The number of sulfonamides is 1. The second-order valence-electron chi connectivity index (χ2n) is 6.39. The van der Waals surface area contributed by atoms with Crippen LogP contribution in [-0.4, -0.2) is 32.7 Å². The molecule has 146 valence electrons. The first-order valence-electron chi connectivity index (χ1n) is 8.40. The zero-order valence-corrected chi connectivity index (χ0v) is 17.2. The summed E-state index contributed by atoms with van der Waals surface area (Å²) in [5.74, 6) is 0.227. The van der Waals surface area contributed by atoms with Gasteiger partial charge in [0.1, 0.15) is 11.8 Å². The Hall–Kier alpha value is -2.25. The van der Waals surface area contributed by atoms with Gasteiger partial charge in [-0.3, -0.25) is 9.10 Å². The van der Waals surface area contributed by atoms with E-state index in [1.165, 1.54) is 13.0 Å². The number of nitrogens with one attached hydrogen (secondary N) is 1. The standard InChI is InChI=1S/C19H23ClN2O4S/c1-13(2)26-18-10-8-16(9-11-18)21-19(23)14(3)22(27(4,24)25)17-7-5-6-15(20)12-17/h5-14H,1-4H3,(H,21,23)/t14-/m0/s1. The first kappa shape index (κ1) is 21.1. The van der Waals surface area contributed by atoms with Gasteiger partial charge in [-0.15, -0.1) is 0 Å². The number of nitrogens with zero attached hydrogens (tertiary/aromatic N) is 1. The van der Waals surface area contributed by atoms with Gasteiger partial charge >= 0.3 is 0 Å². The third-order valence-electron chi connectivity index (χ3n) is 3.64. The van der Waals surface area contributed by atoms with E-state index in [9.17, 15) is 13.2 Å². The molecule has 2 rings (SSSR count). The second kappa shape index (κ2) is 8.63. The predicted molar refractivity (Wildman–Crippen MR) is 109 cm³/mol. The van der Waals surface area contributed by atoms with Gasteiger partial charge in [-0.2, -0.15) is 0 Å². The number of benzene rings is 2. The van der Waals surface area contributed by atoms with Gasteiger partial charge in [-0.05, 0) is 63.2 Å². The summed E-state index contributed by atoms with van der Waals surface area (Å²) in [6.45, 7) is 5.37. The molecule has 0 saturated carbocycles. The van der Waals surface area contributed by atoms with Crippen LogP contribution in [0.4, 0.5) is 11.4 Å². The van der Waals surface area contributed by atoms with Crippen molar-refractivity contribution in [2.75, 3.05) is 15.9 Å². The number of hydrogen-bond donors (Lipinski definition) is 1. The molecule has 0 bridgehead atoms. The van der Waals surface area contributed by atoms with Crippen LogP contribution in [0.15, 0.2) is 48.5 Å². The molecule has 1 amide bonds. The summed E-state index contributed by atoms with van der Waals surface area (Å²) in [6.07, 6.45) is 1.10. The molecule has 0 saturated heterocycles. The molecular weight excluding hydrogens is 388 g/mol. The van der Waals surface area contributed by atoms with Crippen molar-refractivity contribution in [1.82, 2.24) is 0 Å². The van der Waals surface area contributed by atoms with Crippen LogP contribution in [0.1, 0.15) is 20.8 Å². The molecule has 0 aromatic heterocycles. The summed E-state index contributed by atoms with van der Waals surface area (Å²) < 4.78 is 31.2. The summed E-state index contributed by atoms with van der Waals surface area (Å²) in [5.41, 5.74) is 0.871. The lowest BCUT2D eigenvalue weighted by atomic mass is 10.2. The molecule has 1 N–H and O–H groups in total. The number of amides is 1. The third-order valence-corrected chi connectivity index (χ3v) is 5.12. The van der Waals surface area contributed by atoms with Crippen molar-refractivity contribution in [3.05, 3.63) is 53.6 Å². The Labute approximate surface area is 165 Å². The fourth-order valence-corrected chi connectivity index (χ4v) is 3.91. The first-order chi connectivity index (χ1) is 12.6. The molecule has 0 heterocycles. The molecule has 6 nitrogen and oxygen atoms in total. The lowest BCUT2D eigenvalue weighted by molar-refractivity contribution is -0.116. The van der Waals surface area contributed by atoms with Gasteiger partial charge in [0.15, 0.2) is 0 Å². The van der Waals surface area contributed by atoms with Crippen LogP contribution in [0.25, 0.3) is 0 Å². The summed E-state index contributed by atoms with van der Waals surface area (Å²) >= 11 is 5.97. The highest BCUT2D eigenvalue weighted by atomic mass is 35.5. The average Bonchev–Trinajstić information content (AvgIpc) is 2.55. The highest BCUT2D eigenvalue weighted by molar-refractivity contribution is 7.92. The van der Waals surface area contributed by atoms with Crippen LogP contribution in [0.3, 0.4) is 0 Å². The van der Waals surface area contributed by atoms with Gasteiger partial charge in [0.05, 0.1) is 18.0 Å². The van der Waals surface area contributed by atoms with Crippen molar-refractivity contribution in [1.29, 1.82) is 0 Å². The Morgan fingerprint density at radius 1 is 1.11 bits per heavy atom. The zero-order valence-electron chi connectivity index (χ0n) is 15.6. The minimum Gasteiger partial charge on any atom is -0.491 e. The maximum absolute atomic E-state index is 12.6. The lowest BCUT2D eigenvalue weighted by Gasteiger charge is -2.28. The van der Waals surface area contributed by atoms with E-state index >= 15 is 0 Å². The largest absolute Gasteiger partial charge is 0.491 e. The van der Waals surface area contributed by atoms with Gasteiger partial charge in [-0.25, -0.2) is 8.42 Å². The number of hydrogen-bond acceptors (Lipinski definition) is 4. The van der Waals surface area contributed by atoms with Crippen molar-refractivity contribution in [2.24, 2.45) is 0 Å². The van der Waals surface area contributed by atoms with Gasteiger partial charge in [0.2, 0.25) is 15.9 Å². The number of ether oxygens (including phenoxy) is 1. The quantitative estimate of drug-likeness (QED) is 0.750. The Morgan fingerprint density at radius 3 is 2.26 bits per heavy atom. The average molecular weight is 411 g/mol. The molecule has 8 heteroatoms. The van der Waals surface area contributed by atoms with Gasteiger partial charge in [0.25, 0.3) is 0 Å². The predicted octanol–water partition coefficient (Wildman–Crippen LogP) is 3.92. The van der Waals surface area contributed by atoms with E-state index in [-0.39, 0.29) is 6.10 Å². The Kier molecular flexibility index (Phi) is 6.73. The number of halogens is 1. The maximum Gasteiger partial charge on any atom is 0.247 e. The molecule has 0 radical (unpaired) electrons. The van der Waals surface area contributed by atoms with E-state index in [1.54, 1.807) is 42.5 Å². The second-order valence-corrected chi connectivity index (χ2v) is 8.69. The molecule has 0 aliphatic rings. The maximum atomic E-state index is 12.6. The van der Waals surface area contributed by atoms with E-state index in [2.05, 4.69) is 5.32 Å². The lowest BCUT2D eigenvalue weighted by Crippen LogP contribution is -2.45. The van der Waals surface area contributed by atoms with Crippen molar-refractivity contribution < 1.29 is 17.9 Å². The van der Waals surface area contributed by atoms with Gasteiger partial charge < -0.3 is 10.1 Å². The monoisotopic (exact) mass is 410 g/mol. The molecule has 0 spiro atoms. The highest BCUT2D eigenvalue weighted by Crippen LogP contribution is 2.25.